The minimum atomic E-state index is -0.785. The van der Waals surface area contributed by atoms with Gasteiger partial charge in [-0.25, -0.2) is 0 Å². The third-order valence-electron chi connectivity index (χ3n) is 5.00. The molecule has 0 saturated carbocycles. The second kappa shape index (κ2) is 9.87. The van der Waals surface area contributed by atoms with Crippen molar-refractivity contribution in [2.24, 2.45) is 0 Å². The molecule has 1 unspecified atom stereocenters. The quantitative estimate of drug-likeness (QED) is 0.570. The predicted octanol–water partition coefficient (Wildman–Crippen LogP) is 3.43. The van der Waals surface area contributed by atoms with Crippen LogP contribution in [0.2, 0.25) is 0 Å². The Bertz CT molecular complexity index is 1100. The van der Waals surface area contributed by atoms with Gasteiger partial charge in [0.2, 0.25) is 6.79 Å². The lowest BCUT2D eigenvalue weighted by molar-refractivity contribution is -0.127. The normalized spacial score (nSPS) is 12.7. The average Bonchev–Trinajstić information content (AvgIpc) is 3.30. The fourth-order valence-corrected chi connectivity index (χ4v) is 3.26. The Morgan fingerprint density at radius 2 is 1.59 bits per heavy atom. The van der Waals surface area contributed by atoms with E-state index in [1.54, 1.807) is 31.2 Å². The van der Waals surface area contributed by atoms with Crippen molar-refractivity contribution in [3.8, 4) is 17.2 Å². The SMILES string of the molecule is CC(Oc1ccccc1C(=O)NCc1ccccc1)C(=O)NCc1ccc2c(c1)OCO2. The molecule has 0 aromatic heterocycles. The number of rotatable bonds is 8. The molecule has 1 heterocycles. The second-order valence-corrected chi connectivity index (χ2v) is 7.33. The van der Waals surface area contributed by atoms with E-state index < -0.39 is 6.10 Å². The molecule has 3 aromatic rings. The van der Waals surface area contributed by atoms with E-state index in [-0.39, 0.29) is 18.6 Å². The minimum absolute atomic E-state index is 0.203. The van der Waals surface area contributed by atoms with Crippen LogP contribution in [0.15, 0.2) is 72.8 Å². The van der Waals surface area contributed by atoms with E-state index in [1.165, 1.54) is 0 Å². The van der Waals surface area contributed by atoms with Gasteiger partial charge in [0, 0.05) is 13.1 Å². The monoisotopic (exact) mass is 432 g/mol. The highest BCUT2D eigenvalue weighted by atomic mass is 16.7. The molecular weight excluding hydrogens is 408 g/mol. The van der Waals surface area contributed by atoms with Crippen LogP contribution < -0.4 is 24.8 Å². The van der Waals surface area contributed by atoms with Crippen molar-refractivity contribution < 1.29 is 23.8 Å². The number of carbonyl (C=O) groups is 2. The zero-order valence-corrected chi connectivity index (χ0v) is 17.7. The van der Waals surface area contributed by atoms with Crippen molar-refractivity contribution in [1.29, 1.82) is 0 Å². The van der Waals surface area contributed by atoms with Gasteiger partial charge in [0.15, 0.2) is 17.6 Å². The number of fused-ring (bicyclic) bond motifs is 1. The summed E-state index contributed by atoms with van der Waals surface area (Å²) in [5.74, 6) is 1.15. The summed E-state index contributed by atoms with van der Waals surface area (Å²) in [6.45, 7) is 2.57. The number of amides is 2. The molecule has 0 aliphatic carbocycles. The summed E-state index contributed by atoms with van der Waals surface area (Å²) < 4.78 is 16.5. The fraction of sp³-hybridized carbons (Fsp3) is 0.200. The van der Waals surface area contributed by atoms with Crippen LogP contribution in [-0.4, -0.2) is 24.7 Å². The number of hydrogen-bond acceptors (Lipinski definition) is 5. The summed E-state index contributed by atoms with van der Waals surface area (Å²) in [5, 5.41) is 5.73. The van der Waals surface area contributed by atoms with Gasteiger partial charge >= 0.3 is 0 Å². The first-order chi connectivity index (χ1) is 15.6. The first-order valence-corrected chi connectivity index (χ1v) is 10.3. The molecule has 0 fully saturated rings. The zero-order chi connectivity index (χ0) is 22.3. The average molecular weight is 432 g/mol. The molecule has 1 aliphatic heterocycles. The molecule has 1 atom stereocenters. The Kier molecular flexibility index (Phi) is 6.55. The third kappa shape index (κ3) is 5.18. The van der Waals surface area contributed by atoms with E-state index in [9.17, 15) is 9.59 Å². The van der Waals surface area contributed by atoms with E-state index in [0.717, 1.165) is 11.1 Å². The van der Waals surface area contributed by atoms with E-state index in [0.29, 0.717) is 35.9 Å². The van der Waals surface area contributed by atoms with Crippen molar-refractivity contribution in [1.82, 2.24) is 10.6 Å². The topological polar surface area (TPSA) is 85.9 Å². The summed E-state index contributed by atoms with van der Waals surface area (Å²) in [4.78, 5) is 25.2. The molecule has 0 saturated heterocycles. The van der Waals surface area contributed by atoms with Crippen LogP contribution in [-0.2, 0) is 17.9 Å². The standard InChI is InChI=1S/C25H24N2O5/c1-17(24(28)26-15-19-11-12-22-23(13-19)31-16-30-22)32-21-10-6-5-9-20(21)25(29)27-14-18-7-3-2-4-8-18/h2-13,17H,14-16H2,1H3,(H,26,28)(H,27,29). The summed E-state index contributed by atoms with van der Waals surface area (Å²) in [6, 6.07) is 22.0. The van der Waals surface area contributed by atoms with Crippen molar-refractivity contribution in [3.63, 3.8) is 0 Å². The van der Waals surface area contributed by atoms with E-state index in [4.69, 9.17) is 14.2 Å². The van der Waals surface area contributed by atoms with Gasteiger partial charge in [-0.2, -0.15) is 0 Å². The van der Waals surface area contributed by atoms with Crippen LogP contribution >= 0.6 is 0 Å². The van der Waals surface area contributed by atoms with Gasteiger partial charge in [0.05, 0.1) is 5.56 Å². The molecule has 3 aromatic carbocycles. The number of ether oxygens (including phenoxy) is 3. The number of para-hydroxylation sites is 1. The number of benzene rings is 3. The van der Waals surface area contributed by atoms with Gasteiger partial charge in [-0.15, -0.1) is 0 Å². The molecular formula is C25H24N2O5. The highest BCUT2D eigenvalue weighted by molar-refractivity contribution is 5.97. The Balaban J connectivity index is 1.33. The van der Waals surface area contributed by atoms with Crippen LogP contribution in [0.4, 0.5) is 0 Å². The minimum Gasteiger partial charge on any atom is -0.480 e. The van der Waals surface area contributed by atoms with Crippen molar-refractivity contribution >= 4 is 11.8 Å². The molecule has 0 radical (unpaired) electrons. The van der Waals surface area contributed by atoms with Crippen molar-refractivity contribution in [3.05, 3.63) is 89.5 Å². The zero-order valence-electron chi connectivity index (χ0n) is 17.7. The van der Waals surface area contributed by atoms with Crippen molar-refractivity contribution in [2.75, 3.05) is 6.79 Å². The largest absolute Gasteiger partial charge is 0.480 e. The fourth-order valence-electron chi connectivity index (χ4n) is 3.26. The molecule has 2 N–H and O–H groups in total. The molecule has 2 amide bonds. The summed E-state index contributed by atoms with van der Waals surface area (Å²) in [7, 11) is 0. The second-order valence-electron chi connectivity index (χ2n) is 7.33. The van der Waals surface area contributed by atoms with Crippen LogP contribution in [0, 0.1) is 0 Å². The number of hydrogen-bond donors (Lipinski definition) is 2. The lowest BCUT2D eigenvalue weighted by Crippen LogP contribution is -2.36. The van der Waals surface area contributed by atoms with E-state index in [1.807, 2.05) is 48.5 Å². The van der Waals surface area contributed by atoms with Crippen LogP contribution in [0.5, 0.6) is 17.2 Å². The molecule has 0 spiro atoms. The lowest BCUT2D eigenvalue weighted by atomic mass is 10.1. The molecule has 164 valence electrons. The maximum atomic E-state index is 12.7. The Morgan fingerprint density at radius 3 is 2.44 bits per heavy atom. The summed E-state index contributed by atoms with van der Waals surface area (Å²) in [5.41, 5.74) is 2.25. The third-order valence-corrected chi connectivity index (χ3v) is 5.00. The Morgan fingerprint density at radius 1 is 0.875 bits per heavy atom. The van der Waals surface area contributed by atoms with Crippen LogP contribution in [0.25, 0.3) is 0 Å². The molecule has 7 heteroatoms. The Hall–Kier alpha value is -4.00. The van der Waals surface area contributed by atoms with Gasteiger partial charge in [0.25, 0.3) is 11.8 Å². The van der Waals surface area contributed by atoms with Crippen molar-refractivity contribution in [2.45, 2.75) is 26.1 Å². The van der Waals surface area contributed by atoms with Crippen LogP contribution in [0.3, 0.4) is 0 Å². The highest BCUT2D eigenvalue weighted by Gasteiger charge is 2.19. The molecule has 4 rings (SSSR count). The lowest BCUT2D eigenvalue weighted by Gasteiger charge is -2.17. The molecule has 0 bridgehead atoms. The smallest absolute Gasteiger partial charge is 0.261 e. The van der Waals surface area contributed by atoms with Gasteiger partial charge in [0.1, 0.15) is 5.75 Å². The van der Waals surface area contributed by atoms with E-state index >= 15 is 0 Å². The highest BCUT2D eigenvalue weighted by Crippen LogP contribution is 2.32. The first-order valence-electron chi connectivity index (χ1n) is 10.3. The molecule has 1 aliphatic rings. The summed E-state index contributed by atoms with van der Waals surface area (Å²) >= 11 is 0. The van der Waals surface area contributed by atoms with Gasteiger partial charge in [-0.1, -0.05) is 48.5 Å². The van der Waals surface area contributed by atoms with Gasteiger partial charge < -0.3 is 24.8 Å². The Labute approximate surface area is 186 Å². The molecule has 32 heavy (non-hydrogen) atoms. The van der Waals surface area contributed by atoms with E-state index in [2.05, 4.69) is 10.6 Å². The van der Waals surface area contributed by atoms with Gasteiger partial charge in [-0.3, -0.25) is 9.59 Å². The maximum absolute atomic E-state index is 12.7. The first kappa shape index (κ1) is 21.2. The number of carbonyl (C=O) groups excluding carboxylic acids is 2. The number of nitrogens with one attached hydrogen (secondary N) is 2. The van der Waals surface area contributed by atoms with Crippen LogP contribution in [0.1, 0.15) is 28.4 Å². The predicted molar refractivity (Wildman–Crippen MR) is 119 cm³/mol. The maximum Gasteiger partial charge on any atom is 0.261 e. The summed E-state index contributed by atoms with van der Waals surface area (Å²) in [6.07, 6.45) is -0.785. The van der Waals surface area contributed by atoms with Gasteiger partial charge in [-0.05, 0) is 42.3 Å². The molecule has 7 nitrogen and oxygen atoms in total.